The van der Waals surface area contributed by atoms with E-state index in [9.17, 15) is 4.79 Å². The molecule has 0 radical (unpaired) electrons. The predicted molar refractivity (Wildman–Crippen MR) is 77.2 cm³/mol. The Morgan fingerprint density at radius 2 is 1.65 bits per heavy atom. The Kier molecular flexibility index (Phi) is 2.90. The summed E-state index contributed by atoms with van der Waals surface area (Å²) in [5, 5.41) is 0. The van der Waals surface area contributed by atoms with Crippen molar-refractivity contribution < 1.29 is 9.53 Å². The van der Waals surface area contributed by atoms with E-state index in [1.165, 1.54) is 25.7 Å². The van der Waals surface area contributed by atoms with Crippen LogP contribution in [0, 0.1) is 23.7 Å². The van der Waals surface area contributed by atoms with Crippen LogP contribution in [-0.2, 0) is 4.74 Å². The van der Waals surface area contributed by atoms with Gasteiger partial charge in [0.25, 0.3) is 0 Å². The number of hydrogen-bond donors (Lipinski definition) is 0. The van der Waals surface area contributed by atoms with E-state index in [0.717, 1.165) is 0 Å². The number of benzene rings is 1. The normalized spacial score (nSPS) is 37.7. The molecule has 5 atom stereocenters. The highest BCUT2D eigenvalue weighted by Crippen LogP contribution is 2.52. The minimum atomic E-state index is -0.145. The maximum atomic E-state index is 12.3. The second-order valence-electron chi connectivity index (χ2n) is 6.44. The molecule has 1 unspecified atom stereocenters. The molecule has 2 saturated carbocycles. The molecule has 0 amide bonds. The van der Waals surface area contributed by atoms with Gasteiger partial charge in [0.05, 0.1) is 5.56 Å². The Balaban J connectivity index is 1.55. The van der Waals surface area contributed by atoms with Crippen LogP contribution < -0.4 is 0 Å². The number of allylic oxidation sites excluding steroid dienone is 2. The van der Waals surface area contributed by atoms with Crippen molar-refractivity contribution in [3.05, 3.63) is 48.0 Å². The molecule has 3 aliphatic rings. The molecule has 2 nitrogen and oxygen atoms in total. The van der Waals surface area contributed by atoms with Crippen molar-refractivity contribution in [2.24, 2.45) is 23.7 Å². The molecule has 0 aromatic heterocycles. The van der Waals surface area contributed by atoms with Gasteiger partial charge in [0.15, 0.2) is 0 Å². The van der Waals surface area contributed by atoms with Crippen molar-refractivity contribution in [2.75, 3.05) is 0 Å². The molecule has 4 rings (SSSR count). The van der Waals surface area contributed by atoms with Crippen LogP contribution in [0.25, 0.3) is 0 Å². The first-order valence-electron chi connectivity index (χ1n) is 7.77. The summed E-state index contributed by atoms with van der Waals surface area (Å²) in [6.45, 7) is 0. The number of rotatable bonds is 2. The van der Waals surface area contributed by atoms with Gasteiger partial charge in [0.2, 0.25) is 0 Å². The highest BCUT2D eigenvalue weighted by Gasteiger charge is 2.49. The zero-order valence-corrected chi connectivity index (χ0v) is 11.6. The number of fused-ring (bicyclic) bond motifs is 6. The lowest BCUT2D eigenvalue weighted by Gasteiger charge is -2.46. The SMILES string of the molecule is O=C(OC1[C@H]2CCC[C@@H]1[C@H]1C=C[C@@H]2C1)c1ccccc1. The van der Waals surface area contributed by atoms with E-state index in [1.807, 2.05) is 30.3 Å². The summed E-state index contributed by atoms with van der Waals surface area (Å²) in [7, 11) is 0. The smallest absolute Gasteiger partial charge is 0.338 e. The topological polar surface area (TPSA) is 26.3 Å². The fourth-order valence-electron chi connectivity index (χ4n) is 4.48. The van der Waals surface area contributed by atoms with E-state index in [2.05, 4.69) is 12.2 Å². The van der Waals surface area contributed by atoms with E-state index in [4.69, 9.17) is 4.74 Å². The largest absolute Gasteiger partial charge is 0.458 e. The number of esters is 1. The van der Waals surface area contributed by atoms with Gasteiger partial charge in [-0.15, -0.1) is 0 Å². The van der Waals surface area contributed by atoms with Crippen LogP contribution in [-0.4, -0.2) is 12.1 Å². The Morgan fingerprint density at radius 1 is 1.00 bits per heavy atom. The van der Waals surface area contributed by atoms with Gasteiger partial charge in [-0.2, -0.15) is 0 Å². The number of hydrogen-bond acceptors (Lipinski definition) is 2. The van der Waals surface area contributed by atoms with Gasteiger partial charge in [0, 0.05) is 11.8 Å². The summed E-state index contributed by atoms with van der Waals surface area (Å²) in [5.74, 6) is 2.25. The molecule has 20 heavy (non-hydrogen) atoms. The third-order valence-corrected chi connectivity index (χ3v) is 5.42. The molecule has 4 bridgehead atoms. The van der Waals surface area contributed by atoms with Gasteiger partial charge >= 0.3 is 5.97 Å². The van der Waals surface area contributed by atoms with E-state index in [-0.39, 0.29) is 12.1 Å². The van der Waals surface area contributed by atoms with Gasteiger partial charge in [0.1, 0.15) is 6.10 Å². The number of carbonyl (C=O) groups excluding carboxylic acids is 1. The van der Waals surface area contributed by atoms with Crippen molar-refractivity contribution in [1.29, 1.82) is 0 Å². The Morgan fingerprint density at radius 3 is 2.30 bits per heavy atom. The van der Waals surface area contributed by atoms with E-state index in [0.29, 0.717) is 29.2 Å². The molecule has 2 heteroatoms. The lowest BCUT2D eigenvalue weighted by molar-refractivity contribution is -0.0647. The van der Waals surface area contributed by atoms with Crippen LogP contribution in [0.15, 0.2) is 42.5 Å². The zero-order chi connectivity index (χ0) is 13.5. The van der Waals surface area contributed by atoms with Gasteiger partial charge < -0.3 is 4.74 Å². The highest BCUT2D eigenvalue weighted by atomic mass is 16.5. The standard InChI is InChI=1S/C18H20O2/c19-18(12-5-2-1-3-6-12)20-17-15-7-4-8-16(17)14-10-9-13(15)11-14/h1-3,5-6,9-10,13-17H,4,7-8,11H2/t13-,14+,15+,16-,17?. The molecular weight excluding hydrogens is 248 g/mol. The Hall–Kier alpha value is -1.57. The molecule has 1 aromatic carbocycles. The van der Waals surface area contributed by atoms with Gasteiger partial charge in [-0.25, -0.2) is 4.79 Å². The van der Waals surface area contributed by atoms with Crippen molar-refractivity contribution >= 4 is 5.97 Å². The summed E-state index contributed by atoms with van der Waals surface area (Å²) in [4.78, 5) is 12.3. The molecule has 3 aliphatic carbocycles. The highest BCUT2D eigenvalue weighted by molar-refractivity contribution is 5.89. The van der Waals surface area contributed by atoms with Crippen molar-refractivity contribution in [2.45, 2.75) is 31.8 Å². The van der Waals surface area contributed by atoms with Gasteiger partial charge in [-0.3, -0.25) is 0 Å². The molecule has 0 aliphatic heterocycles. The lowest BCUT2D eigenvalue weighted by Crippen LogP contribution is -2.46. The molecule has 0 N–H and O–H groups in total. The first-order valence-corrected chi connectivity index (χ1v) is 7.77. The predicted octanol–water partition coefficient (Wildman–Crippen LogP) is 3.83. The fourth-order valence-corrected chi connectivity index (χ4v) is 4.48. The average molecular weight is 268 g/mol. The fraction of sp³-hybridized carbons (Fsp3) is 0.500. The summed E-state index contributed by atoms with van der Waals surface area (Å²) >= 11 is 0. The second-order valence-corrected chi connectivity index (χ2v) is 6.44. The van der Waals surface area contributed by atoms with Crippen molar-refractivity contribution in [1.82, 2.24) is 0 Å². The van der Waals surface area contributed by atoms with Crippen LogP contribution >= 0.6 is 0 Å². The van der Waals surface area contributed by atoms with Crippen molar-refractivity contribution in [3.63, 3.8) is 0 Å². The Labute approximate surface area is 119 Å². The zero-order valence-electron chi connectivity index (χ0n) is 11.6. The third-order valence-electron chi connectivity index (χ3n) is 5.42. The maximum Gasteiger partial charge on any atom is 0.338 e. The molecule has 0 heterocycles. The van der Waals surface area contributed by atoms with Crippen LogP contribution in [0.5, 0.6) is 0 Å². The van der Waals surface area contributed by atoms with E-state index >= 15 is 0 Å². The van der Waals surface area contributed by atoms with E-state index in [1.54, 1.807) is 0 Å². The summed E-state index contributed by atoms with van der Waals surface area (Å²) in [6.07, 6.45) is 9.90. The number of carbonyl (C=O) groups is 1. The average Bonchev–Trinajstić information content (AvgIpc) is 2.94. The molecule has 0 saturated heterocycles. The molecule has 2 fully saturated rings. The van der Waals surface area contributed by atoms with Gasteiger partial charge in [-0.1, -0.05) is 36.8 Å². The quantitative estimate of drug-likeness (QED) is 0.602. The van der Waals surface area contributed by atoms with Crippen LogP contribution in [0.2, 0.25) is 0 Å². The minimum absolute atomic E-state index is 0.134. The maximum absolute atomic E-state index is 12.3. The van der Waals surface area contributed by atoms with Crippen LogP contribution in [0.3, 0.4) is 0 Å². The second kappa shape index (κ2) is 4.76. The Bertz CT molecular complexity index is 514. The third kappa shape index (κ3) is 1.90. The van der Waals surface area contributed by atoms with Crippen molar-refractivity contribution in [3.8, 4) is 0 Å². The first kappa shape index (κ1) is 12.2. The first-order chi connectivity index (χ1) is 9.83. The molecule has 104 valence electrons. The minimum Gasteiger partial charge on any atom is -0.458 e. The van der Waals surface area contributed by atoms with Gasteiger partial charge in [-0.05, 0) is 43.2 Å². The summed E-state index contributed by atoms with van der Waals surface area (Å²) in [6, 6.07) is 9.39. The van der Waals surface area contributed by atoms with E-state index < -0.39 is 0 Å². The van der Waals surface area contributed by atoms with Crippen LogP contribution in [0.1, 0.15) is 36.0 Å². The lowest BCUT2D eigenvalue weighted by atomic mass is 9.63. The van der Waals surface area contributed by atoms with Crippen LogP contribution in [0.4, 0.5) is 0 Å². The number of ether oxygens (including phenoxy) is 1. The summed E-state index contributed by atoms with van der Waals surface area (Å²) < 4.78 is 5.95. The molecular formula is C18H20O2. The summed E-state index contributed by atoms with van der Waals surface area (Å²) in [5.41, 5.74) is 0.677. The monoisotopic (exact) mass is 268 g/mol. The molecule has 0 spiro atoms. The molecule has 1 aromatic rings.